The van der Waals surface area contributed by atoms with Crippen LogP contribution in [0.15, 0.2) is 103 Å². The number of rotatable bonds is 3. The number of carbonyl (C=O) groups excluding carboxylic acids is 1. The lowest BCUT2D eigenvalue weighted by molar-refractivity contribution is -0.131. The second-order valence-corrected chi connectivity index (χ2v) is 10.4. The van der Waals surface area contributed by atoms with Crippen molar-refractivity contribution < 1.29 is 19.0 Å². The smallest absolute Gasteiger partial charge is 0.343 e. The molecule has 5 nitrogen and oxygen atoms in total. The number of quaternary nitrogens is 1. The summed E-state index contributed by atoms with van der Waals surface area (Å²) in [5.74, 6) is 1.97. The van der Waals surface area contributed by atoms with E-state index in [0.717, 1.165) is 38.8 Å². The Morgan fingerprint density at radius 1 is 0.718 bits per heavy atom. The highest BCUT2D eigenvalue weighted by atomic mass is 16.7. The molecule has 5 heteroatoms. The number of nitrogens with zero attached hydrogens (tertiary/aromatic N) is 1. The predicted octanol–water partition coefficient (Wildman–Crippen LogP) is 6.69. The van der Waals surface area contributed by atoms with E-state index in [1.807, 2.05) is 66.7 Å². The second kappa shape index (κ2) is 7.95. The van der Waals surface area contributed by atoms with Crippen LogP contribution in [0.4, 0.5) is 11.4 Å². The lowest BCUT2D eigenvalue weighted by atomic mass is 9.77. The average Bonchev–Trinajstić information content (AvgIpc) is 3.63. The van der Waals surface area contributed by atoms with Crippen LogP contribution in [0.3, 0.4) is 0 Å². The maximum atomic E-state index is 15.5. The number of hydrogen-bond acceptors (Lipinski definition) is 4. The van der Waals surface area contributed by atoms with Crippen molar-refractivity contribution in [3.05, 3.63) is 132 Å². The SMILES string of the molecule is [CH]c1cccc(C[N+]2(c3cccc4ccccc34)C(=O)C3(COc4cc5c(cc43)OCO5)c3ccccc32)c1. The van der Waals surface area contributed by atoms with E-state index < -0.39 is 5.41 Å². The van der Waals surface area contributed by atoms with Gasteiger partial charge in [0, 0.05) is 40.3 Å². The Hall–Kier alpha value is -4.61. The molecule has 0 saturated heterocycles. The molecule has 3 aliphatic rings. The van der Waals surface area contributed by atoms with E-state index in [1.165, 1.54) is 0 Å². The van der Waals surface area contributed by atoms with Crippen LogP contribution < -0.4 is 18.7 Å². The van der Waals surface area contributed by atoms with Crippen molar-refractivity contribution in [1.29, 1.82) is 0 Å². The Morgan fingerprint density at radius 2 is 1.46 bits per heavy atom. The van der Waals surface area contributed by atoms with E-state index in [9.17, 15) is 0 Å². The minimum atomic E-state index is -1.01. The minimum absolute atomic E-state index is 0.0121. The topological polar surface area (TPSA) is 44.8 Å². The van der Waals surface area contributed by atoms with Crippen molar-refractivity contribution in [2.24, 2.45) is 0 Å². The first-order chi connectivity index (χ1) is 19.1. The van der Waals surface area contributed by atoms with E-state index in [-0.39, 0.29) is 23.8 Å². The van der Waals surface area contributed by atoms with Crippen LogP contribution in [0, 0.1) is 6.92 Å². The van der Waals surface area contributed by atoms with Crippen molar-refractivity contribution >= 4 is 28.1 Å². The van der Waals surface area contributed by atoms with E-state index in [0.29, 0.717) is 29.4 Å². The van der Waals surface area contributed by atoms with Gasteiger partial charge in [0.2, 0.25) is 6.79 Å². The van der Waals surface area contributed by atoms with Crippen molar-refractivity contribution in [2.45, 2.75) is 12.0 Å². The monoisotopic (exact) mass is 510 g/mol. The first kappa shape index (κ1) is 22.4. The van der Waals surface area contributed by atoms with Crippen LogP contribution >= 0.6 is 0 Å². The van der Waals surface area contributed by atoms with E-state index in [1.54, 1.807) is 0 Å². The van der Waals surface area contributed by atoms with Crippen molar-refractivity contribution in [3.63, 3.8) is 0 Å². The zero-order valence-corrected chi connectivity index (χ0v) is 21.1. The molecule has 39 heavy (non-hydrogen) atoms. The maximum absolute atomic E-state index is 15.5. The summed E-state index contributed by atoms with van der Waals surface area (Å²) in [5.41, 5.74) is 4.27. The predicted molar refractivity (Wildman–Crippen MR) is 149 cm³/mol. The third-order valence-electron chi connectivity index (χ3n) is 8.41. The molecule has 5 aromatic rings. The van der Waals surface area contributed by atoms with Gasteiger partial charge in [-0.2, -0.15) is 4.48 Å². The molecular weight excluding hydrogens is 486 g/mol. The fourth-order valence-electron chi connectivity index (χ4n) is 6.75. The lowest BCUT2D eigenvalue weighted by Gasteiger charge is -2.34. The van der Waals surface area contributed by atoms with E-state index in [2.05, 4.69) is 36.4 Å². The number of para-hydroxylation sites is 1. The zero-order valence-electron chi connectivity index (χ0n) is 21.1. The summed E-state index contributed by atoms with van der Waals surface area (Å²) in [4.78, 5) is 15.5. The van der Waals surface area contributed by atoms with Gasteiger partial charge >= 0.3 is 5.91 Å². The molecule has 5 aromatic carbocycles. The molecule has 0 N–H and O–H groups in total. The van der Waals surface area contributed by atoms with Gasteiger partial charge in [-0.15, -0.1) is 0 Å². The quantitative estimate of drug-likeness (QED) is 0.254. The molecule has 1 spiro atoms. The maximum Gasteiger partial charge on any atom is 0.343 e. The van der Waals surface area contributed by atoms with Gasteiger partial charge in [0.05, 0.1) is 0 Å². The average molecular weight is 511 g/mol. The van der Waals surface area contributed by atoms with Gasteiger partial charge in [0.1, 0.15) is 18.9 Å². The van der Waals surface area contributed by atoms with Gasteiger partial charge in [-0.1, -0.05) is 66.7 Å². The fraction of sp³-hybridized carbons (Fsp3) is 0.118. The standard InChI is InChI=1S/C34H24NO4/c1-22-8-6-9-23(16-22)19-35(28-15-7-11-24-10-2-3-12-25(24)28)29-14-5-4-13-26(29)34(33(35)36)20-37-30-18-32-31(17-27(30)34)38-21-39-32/h1-18H,19-21H2/q+1. The molecule has 3 heterocycles. The van der Waals surface area contributed by atoms with E-state index in [4.69, 9.17) is 21.1 Å². The van der Waals surface area contributed by atoms with Crippen LogP contribution in [0.5, 0.6) is 17.2 Å². The summed E-state index contributed by atoms with van der Waals surface area (Å²) in [5, 5.41) is 2.12. The lowest BCUT2D eigenvalue weighted by Crippen LogP contribution is -2.53. The minimum Gasteiger partial charge on any atom is -0.491 e. The molecule has 0 saturated carbocycles. The molecule has 2 atom stereocenters. The van der Waals surface area contributed by atoms with Crippen LogP contribution in [0.1, 0.15) is 22.3 Å². The van der Waals surface area contributed by atoms with Gasteiger partial charge in [0.15, 0.2) is 28.3 Å². The Labute approximate surface area is 226 Å². The number of benzene rings is 5. The number of fused-ring (bicyclic) bond motifs is 6. The van der Waals surface area contributed by atoms with Gasteiger partial charge in [-0.3, -0.25) is 0 Å². The summed E-state index contributed by atoms with van der Waals surface area (Å²) >= 11 is 0. The molecular formula is C34H24NO4+. The number of ether oxygens (including phenoxy) is 3. The second-order valence-electron chi connectivity index (χ2n) is 10.4. The van der Waals surface area contributed by atoms with Gasteiger partial charge in [0.25, 0.3) is 0 Å². The van der Waals surface area contributed by atoms with Crippen LogP contribution in [0.25, 0.3) is 10.8 Å². The summed E-state index contributed by atoms with van der Waals surface area (Å²) in [7, 11) is 0. The Bertz CT molecular complexity index is 1820. The number of carbonyl (C=O) groups is 1. The fourth-order valence-corrected chi connectivity index (χ4v) is 6.75. The molecule has 0 bridgehead atoms. The van der Waals surface area contributed by atoms with Gasteiger partial charge in [-0.05, 0) is 36.1 Å². The summed E-state index contributed by atoms with van der Waals surface area (Å²) in [6, 6.07) is 34.2. The Balaban J connectivity index is 1.46. The summed E-state index contributed by atoms with van der Waals surface area (Å²) in [6.45, 7) is 7.01. The normalized spacial score (nSPS) is 22.2. The molecule has 0 fully saturated rings. The Kier molecular flexibility index (Phi) is 4.56. The first-order valence-corrected chi connectivity index (χ1v) is 13.0. The molecule has 2 unspecified atom stereocenters. The molecule has 3 aliphatic heterocycles. The highest BCUT2D eigenvalue weighted by molar-refractivity contribution is 6.14. The molecule has 1 amide bonds. The van der Waals surface area contributed by atoms with Crippen molar-refractivity contribution in [3.8, 4) is 17.2 Å². The number of hydrogen-bond donors (Lipinski definition) is 0. The molecule has 2 radical (unpaired) electrons. The van der Waals surface area contributed by atoms with Crippen molar-refractivity contribution in [2.75, 3.05) is 13.4 Å². The summed E-state index contributed by atoms with van der Waals surface area (Å²) in [6.07, 6.45) is 0. The molecule has 0 aliphatic carbocycles. The highest BCUT2D eigenvalue weighted by Gasteiger charge is 2.67. The molecule has 188 valence electrons. The zero-order chi connectivity index (χ0) is 26.2. The van der Waals surface area contributed by atoms with Crippen molar-refractivity contribution in [1.82, 2.24) is 4.48 Å². The first-order valence-electron chi connectivity index (χ1n) is 13.0. The molecule has 8 rings (SSSR count). The third kappa shape index (κ3) is 2.91. The Morgan fingerprint density at radius 3 is 2.36 bits per heavy atom. The van der Waals surface area contributed by atoms with Crippen LogP contribution in [0.2, 0.25) is 0 Å². The number of amides is 1. The molecule has 0 aromatic heterocycles. The van der Waals surface area contributed by atoms with Crippen LogP contribution in [-0.4, -0.2) is 19.3 Å². The van der Waals surface area contributed by atoms with E-state index >= 15 is 4.79 Å². The highest BCUT2D eigenvalue weighted by Crippen LogP contribution is 2.60. The van der Waals surface area contributed by atoms with Gasteiger partial charge in [-0.25, -0.2) is 4.79 Å². The largest absolute Gasteiger partial charge is 0.491 e. The van der Waals surface area contributed by atoms with Gasteiger partial charge < -0.3 is 14.2 Å². The van der Waals surface area contributed by atoms with Crippen LogP contribution in [-0.2, 0) is 16.8 Å². The third-order valence-corrected chi connectivity index (χ3v) is 8.41. The summed E-state index contributed by atoms with van der Waals surface area (Å²) < 4.78 is 17.7.